The van der Waals surface area contributed by atoms with Gasteiger partial charge in [0.25, 0.3) is 0 Å². The van der Waals surface area contributed by atoms with Crippen LogP contribution in [0.3, 0.4) is 0 Å². The van der Waals surface area contributed by atoms with Crippen LogP contribution >= 0.6 is 0 Å². The van der Waals surface area contributed by atoms with Crippen LogP contribution in [0, 0.1) is 0 Å². The van der Waals surface area contributed by atoms with Crippen molar-refractivity contribution in [2.24, 2.45) is 10.8 Å². The fourth-order valence-electron chi connectivity index (χ4n) is 0.0645. The molecule has 0 unspecified atom stereocenters. The van der Waals surface area contributed by atoms with Gasteiger partial charge >= 0.3 is 0 Å². The maximum atomic E-state index is 4.90. The van der Waals surface area contributed by atoms with E-state index in [-0.39, 0.29) is 1.43 Å². The van der Waals surface area contributed by atoms with Crippen molar-refractivity contribution in [2.75, 3.05) is 7.05 Å². The molecule has 0 heterocycles. The van der Waals surface area contributed by atoms with Gasteiger partial charge in [-0.2, -0.15) is 0 Å². The minimum absolute atomic E-state index is 0. The van der Waals surface area contributed by atoms with Gasteiger partial charge < -0.3 is 5.43 Å². The molecule has 0 saturated heterocycles. The minimum Gasteiger partial charge on any atom is -0.313 e. The van der Waals surface area contributed by atoms with Gasteiger partial charge in [0.2, 0.25) is 0 Å². The zero-order valence-electron chi connectivity index (χ0n) is 4.02. The Kier molecular flexibility index (Phi) is 2.40. The summed E-state index contributed by atoms with van der Waals surface area (Å²) in [5.41, 5.74) is 2.36. The number of hydrogen-bond donors (Lipinski definition) is 2. The lowest BCUT2D eigenvalue weighted by Crippen LogP contribution is -2.27. The van der Waals surface area contributed by atoms with Crippen LogP contribution in [-0.4, -0.2) is 12.9 Å². The average molecular weight is 89.1 g/mol. The lowest BCUT2D eigenvalue weighted by atomic mass is 10.7. The molecule has 3 heteroatoms. The van der Waals surface area contributed by atoms with Crippen molar-refractivity contribution < 1.29 is 1.43 Å². The molecule has 0 aliphatic rings. The normalized spacial score (nSPS) is 11.5. The zero-order valence-corrected chi connectivity index (χ0v) is 4.02. The van der Waals surface area contributed by atoms with Gasteiger partial charge in [-0.1, -0.05) is 0 Å². The first-order chi connectivity index (χ1) is 2.81. The molecular formula is C3H11N3. The van der Waals surface area contributed by atoms with E-state index in [1.807, 2.05) is 0 Å². The third-order valence-corrected chi connectivity index (χ3v) is 0.544. The van der Waals surface area contributed by atoms with Gasteiger partial charge in [0.15, 0.2) is 0 Å². The molecule has 3 nitrogen and oxygen atoms in total. The van der Waals surface area contributed by atoms with Crippen molar-refractivity contribution >= 4 is 5.84 Å². The van der Waals surface area contributed by atoms with Crippen molar-refractivity contribution in [1.82, 2.24) is 5.43 Å². The van der Waals surface area contributed by atoms with E-state index >= 15 is 0 Å². The first kappa shape index (κ1) is 5.43. The number of hydrogen-bond acceptors (Lipinski definition) is 2. The van der Waals surface area contributed by atoms with Gasteiger partial charge in [-0.15, -0.1) is 0 Å². The van der Waals surface area contributed by atoms with Gasteiger partial charge in [0.1, 0.15) is 5.84 Å². The summed E-state index contributed by atoms with van der Waals surface area (Å²) in [4.78, 5) is 3.69. The molecule has 0 radical (unpaired) electrons. The summed E-state index contributed by atoms with van der Waals surface area (Å²) in [6, 6.07) is 0. The molecule has 3 N–H and O–H groups in total. The molecular weight excluding hydrogens is 78.1 g/mol. The molecule has 0 amide bonds. The first-order valence-electron chi connectivity index (χ1n) is 1.71. The van der Waals surface area contributed by atoms with Gasteiger partial charge in [0, 0.05) is 8.47 Å². The Morgan fingerprint density at radius 3 is 2.50 bits per heavy atom. The number of rotatable bonds is 0. The molecule has 0 bridgehead atoms. The summed E-state index contributed by atoms with van der Waals surface area (Å²) in [7, 11) is 1.68. The molecule has 0 aromatic rings. The van der Waals surface area contributed by atoms with Crippen LogP contribution in [0.5, 0.6) is 0 Å². The van der Waals surface area contributed by atoms with Crippen molar-refractivity contribution in [2.45, 2.75) is 6.92 Å². The molecule has 0 aromatic heterocycles. The maximum absolute atomic E-state index is 4.90. The summed E-state index contributed by atoms with van der Waals surface area (Å²) in [6.07, 6.45) is 0. The first-order valence-corrected chi connectivity index (χ1v) is 1.71. The van der Waals surface area contributed by atoms with Crippen LogP contribution in [0.2, 0.25) is 0 Å². The summed E-state index contributed by atoms with van der Waals surface area (Å²) in [6.45, 7) is 1.79. The van der Waals surface area contributed by atoms with Crippen LogP contribution < -0.4 is 11.3 Å². The Bertz CT molecular complexity index is 61.2. The Balaban J connectivity index is 0. The van der Waals surface area contributed by atoms with E-state index in [0.717, 1.165) is 5.84 Å². The SMILES string of the molecule is CN=C(C)NN.[HH]. The number of nitrogens with two attached hydrogens (primary N) is 1. The van der Waals surface area contributed by atoms with Crippen molar-refractivity contribution in [3.63, 3.8) is 0 Å². The number of nitrogens with one attached hydrogen (secondary N) is 1. The fraction of sp³-hybridized carbons (Fsp3) is 0.667. The van der Waals surface area contributed by atoms with Gasteiger partial charge in [-0.25, -0.2) is 5.84 Å². The van der Waals surface area contributed by atoms with E-state index in [2.05, 4.69) is 10.4 Å². The maximum Gasteiger partial charge on any atom is 0.107 e. The molecule has 0 aromatic carbocycles. The van der Waals surface area contributed by atoms with Crippen LogP contribution in [0.15, 0.2) is 4.99 Å². The smallest absolute Gasteiger partial charge is 0.107 e. The summed E-state index contributed by atoms with van der Waals surface area (Å²) in [5, 5.41) is 0. The van der Waals surface area contributed by atoms with Gasteiger partial charge in [-0.05, 0) is 6.92 Å². The second-order valence-corrected chi connectivity index (χ2v) is 0.953. The van der Waals surface area contributed by atoms with Crippen molar-refractivity contribution in [3.8, 4) is 0 Å². The zero-order chi connectivity index (χ0) is 4.99. The topological polar surface area (TPSA) is 50.4 Å². The molecule has 0 atom stereocenters. The van der Waals surface area contributed by atoms with Crippen LogP contribution in [0.25, 0.3) is 0 Å². The van der Waals surface area contributed by atoms with E-state index in [1.54, 1.807) is 14.0 Å². The van der Waals surface area contributed by atoms with E-state index in [0.29, 0.717) is 0 Å². The molecule has 6 heavy (non-hydrogen) atoms. The Morgan fingerprint density at radius 2 is 2.50 bits per heavy atom. The highest BCUT2D eigenvalue weighted by Gasteiger charge is 1.71. The Morgan fingerprint density at radius 1 is 2.00 bits per heavy atom. The lowest BCUT2D eigenvalue weighted by molar-refractivity contribution is 1.01. The quantitative estimate of drug-likeness (QED) is 0.186. The Hall–Kier alpha value is -0.570. The molecule has 0 aliphatic carbocycles. The molecule has 0 aliphatic heterocycles. The Labute approximate surface area is 38.7 Å². The highest BCUT2D eigenvalue weighted by molar-refractivity contribution is 5.78. The van der Waals surface area contributed by atoms with Gasteiger partial charge in [-0.3, -0.25) is 4.99 Å². The fourth-order valence-corrected chi connectivity index (χ4v) is 0.0645. The largest absolute Gasteiger partial charge is 0.313 e. The molecule has 0 fully saturated rings. The highest BCUT2D eigenvalue weighted by atomic mass is 15.2. The predicted octanol–water partition coefficient (Wildman–Crippen LogP) is -0.256. The molecule has 0 rings (SSSR count). The standard InChI is InChI=1S/C3H9N3.H2/c1-3(5-2)6-4;/h4H2,1-2H3,(H,5,6);1H. The summed E-state index contributed by atoms with van der Waals surface area (Å²) in [5.74, 6) is 5.65. The van der Waals surface area contributed by atoms with Crippen LogP contribution in [0.1, 0.15) is 8.35 Å². The average Bonchev–Trinajstić information content (AvgIpc) is 1.65. The molecule has 0 saturated carbocycles. The van der Waals surface area contributed by atoms with E-state index in [9.17, 15) is 0 Å². The van der Waals surface area contributed by atoms with Crippen LogP contribution in [0.4, 0.5) is 0 Å². The van der Waals surface area contributed by atoms with E-state index in [4.69, 9.17) is 5.84 Å². The summed E-state index contributed by atoms with van der Waals surface area (Å²) < 4.78 is 0. The second kappa shape index (κ2) is 2.66. The summed E-state index contributed by atoms with van der Waals surface area (Å²) >= 11 is 0. The second-order valence-electron chi connectivity index (χ2n) is 0.953. The van der Waals surface area contributed by atoms with E-state index in [1.165, 1.54) is 0 Å². The predicted molar refractivity (Wildman–Crippen MR) is 28.5 cm³/mol. The minimum atomic E-state index is 0. The lowest BCUT2D eigenvalue weighted by Gasteiger charge is -1.90. The third-order valence-electron chi connectivity index (χ3n) is 0.544. The van der Waals surface area contributed by atoms with E-state index < -0.39 is 0 Å². The van der Waals surface area contributed by atoms with Crippen molar-refractivity contribution in [3.05, 3.63) is 0 Å². The monoisotopic (exact) mass is 89.1 g/mol. The van der Waals surface area contributed by atoms with Crippen molar-refractivity contribution in [1.29, 1.82) is 0 Å². The number of hydrazine groups is 1. The number of nitrogens with zero attached hydrogens (tertiary/aromatic N) is 1. The highest BCUT2D eigenvalue weighted by Crippen LogP contribution is 1.57. The van der Waals surface area contributed by atoms with Crippen LogP contribution in [-0.2, 0) is 0 Å². The molecule has 38 valence electrons. The number of amidine groups is 1. The number of aliphatic imine (C=N–C) groups is 1. The van der Waals surface area contributed by atoms with Gasteiger partial charge in [0.05, 0.1) is 0 Å². The molecule has 0 spiro atoms. The third kappa shape index (κ3) is 1.72.